The highest BCUT2D eigenvalue weighted by Crippen LogP contribution is 2.35. The third-order valence-electron chi connectivity index (χ3n) is 4.89. The van der Waals surface area contributed by atoms with Crippen LogP contribution in [0.25, 0.3) is 0 Å². The summed E-state index contributed by atoms with van der Waals surface area (Å²) in [4.78, 5) is 24.3. The van der Waals surface area contributed by atoms with E-state index in [1.807, 2.05) is 50.2 Å². The van der Waals surface area contributed by atoms with E-state index in [1.54, 1.807) is 0 Å². The monoisotopic (exact) mass is 474 g/mol. The fourth-order valence-electron chi connectivity index (χ4n) is 3.55. The van der Waals surface area contributed by atoms with Crippen molar-refractivity contribution in [3.8, 4) is 11.5 Å². The van der Waals surface area contributed by atoms with E-state index in [9.17, 15) is 9.59 Å². The van der Waals surface area contributed by atoms with Crippen LogP contribution >= 0.6 is 15.9 Å². The Hall–Kier alpha value is -2.54. The molecular weight excluding hydrogens is 448 g/mol. The maximum Gasteiger partial charge on any atom is 0.222 e. The van der Waals surface area contributed by atoms with Crippen LogP contribution in [0.3, 0.4) is 0 Å². The zero-order valence-corrected chi connectivity index (χ0v) is 19.0. The van der Waals surface area contributed by atoms with Crippen LogP contribution in [0.5, 0.6) is 11.5 Å². The van der Waals surface area contributed by atoms with E-state index in [0.29, 0.717) is 13.2 Å². The number of nitrogens with one attached hydrogen (secondary N) is 2. The molecule has 6 nitrogen and oxygen atoms in total. The number of fused-ring (bicyclic) bond motifs is 1. The Bertz CT molecular complexity index is 914. The summed E-state index contributed by atoms with van der Waals surface area (Å²) in [6, 6.07) is 11.1. The van der Waals surface area contributed by atoms with Crippen molar-refractivity contribution in [2.24, 2.45) is 0 Å². The molecule has 0 saturated heterocycles. The largest absolute Gasteiger partial charge is 0.494 e. The van der Waals surface area contributed by atoms with Crippen molar-refractivity contribution < 1.29 is 19.1 Å². The van der Waals surface area contributed by atoms with Gasteiger partial charge in [0.15, 0.2) is 0 Å². The van der Waals surface area contributed by atoms with Gasteiger partial charge in [-0.1, -0.05) is 28.1 Å². The third kappa shape index (κ3) is 5.75. The Morgan fingerprint density at radius 2 is 2.00 bits per heavy atom. The standard InChI is InChI=1S/C23H27BrN2O4/c1-4-29-21-10-17-9-14(2)30-22(17)11-18(21)13-25-23(28)12-20(26-15(3)27)16-5-7-19(24)8-6-16/h5-8,10-11,14,20H,4,9,12-13H2,1-3H3,(H,25,28)(H,26,27). The van der Waals surface area contributed by atoms with E-state index >= 15 is 0 Å². The van der Waals surface area contributed by atoms with Gasteiger partial charge in [-0.2, -0.15) is 0 Å². The highest BCUT2D eigenvalue weighted by molar-refractivity contribution is 9.10. The summed E-state index contributed by atoms with van der Waals surface area (Å²) in [6.45, 7) is 6.29. The molecule has 1 aliphatic rings. The number of carbonyl (C=O) groups excluding carboxylic acids is 2. The van der Waals surface area contributed by atoms with Gasteiger partial charge in [-0.05, 0) is 43.7 Å². The summed E-state index contributed by atoms with van der Waals surface area (Å²) in [6.07, 6.45) is 1.14. The Labute approximate surface area is 185 Å². The van der Waals surface area contributed by atoms with Gasteiger partial charge >= 0.3 is 0 Å². The summed E-state index contributed by atoms with van der Waals surface area (Å²) in [5, 5.41) is 5.81. The Morgan fingerprint density at radius 3 is 2.67 bits per heavy atom. The first-order chi connectivity index (χ1) is 14.4. The predicted molar refractivity (Wildman–Crippen MR) is 119 cm³/mol. The van der Waals surface area contributed by atoms with Crippen molar-refractivity contribution in [1.82, 2.24) is 10.6 Å². The van der Waals surface area contributed by atoms with Crippen molar-refractivity contribution in [2.75, 3.05) is 6.61 Å². The maximum absolute atomic E-state index is 12.7. The molecule has 0 fully saturated rings. The van der Waals surface area contributed by atoms with Gasteiger partial charge in [0.2, 0.25) is 11.8 Å². The van der Waals surface area contributed by atoms with Crippen molar-refractivity contribution in [1.29, 1.82) is 0 Å². The van der Waals surface area contributed by atoms with Gasteiger partial charge < -0.3 is 20.1 Å². The Kier molecular flexibility index (Phi) is 7.37. The molecule has 0 saturated carbocycles. The number of rotatable bonds is 8. The zero-order chi connectivity index (χ0) is 21.7. The van der Waals surface area contributed by atoms with Gasteiger partial charge in [-0.25, -0.2) is 0 Å². The molecule has 0 aliphatic carbocycles. The first-order valence-corrected chi connectivity index (χ1v) is 10.9. The molecule has 0 aromatic heterocycles. The minimum absolute atomic E-state index is 0.142. The second kappa shape index (κ2) is 9.98. The van der Waals surface area contributed by atoms with Crippen molar-refractivity contribution >= 4 is 27.7 Å². The van der Waals surface area contributed by atoms with Crippen molar-refractivity contribution in [2.45, 2.75) is 52.3 Å². The van der Waals surface area contributed by atoms with E-state index in [1.165, 1.54) is 6.92 Å². The molecule has 160 valence electrons. The molecule has 2 aromatic rings. The summed E-state index contributed by atoms with van der Waals surface area (Å²) in [7, 11) is 0. The number of hydrogen-bond donors (Lipinski definition) is 2. The molecule has 7 heteroatoms. The third-order valence-corrected chi connectivity index (χ3v) is 5.42. The quantitative estimate of drug-likeness (QED) is 0.604. The van der Waals surface area contributed by atoms with Crippen LogP contribution in [0.4, 0.5) is 0 Å². The normalized spacial score (nSPS) is 15.7. The molecule has 30 heavy (non-hydrogen) atoms. The van der Waals surface area contributed by atoms with Crippen LogP contribution in [-0.4, -0.2) is 24.5 Å². The van der Waals surface area contributed by atoms with Crippen LogP contribution in [0.2, 0.25) is 0 Å². The van der Waals surface area contributed by atoms with Gasteiger partial charge in [0.05, 0.1) is 19.1 Å². The SMILES string of the molecule is CCOc1cc2c(cc1CNC(=O)CC(NC(C)=O)c1ccc(Br)cc1)OC(C)C2. The van der Waals surface area contributed by atoms with Crippen molar-refractivity contribution in [3.63, 3.8) is 0 Å². The van der Waals surface area contributed by atoms with Gasteiger partial charge in [0.25, 0.3) is 0 Å². The fourth-order valence-corrected chi connectivity index (χ4v) is 3.82. The number of halogens is 1. The Balaban J connectivity index is 1.68. The van der Waals surface area contributed by atoms with Gasteiger partial charge in [0.1, 0.15) is 17.6 Å². The van der Waals surface area contributed by atoms with Crippen LogP contribution < -0.4 is 20.1 Å². The van der Waals surface area contributed by atoms with Gasteiger partial charge in [-0.15, -0.1) is 0 Å². The first kappa shape index (κ1) is 22.2. The number of hydrogen-bond acceptors (Lipinski definition) is 4. The molecule has 3 rings (SSSR count). The molecule has 2 amide bonds. The molecule has 2 N–H and O–H groups in total. The summed E-state index contributed by atoms with van der Waals surface area (Å²) >= 11 is 3.40. The molecule has 2 unspecified atom stereocenters. The lowest BCUT2D eigenvalue weighted by atomic mass is 10.0. The molecule has 2 atom stereocenters. The van der Waals surface area contributed by atoms with Gasteiger partial charge in [-0.3, -0.25) is 9.59 Å². The minimum Gasteiger partial charge on any atom is -0.494 e. The van der Waals surface area contributed by atoms with E-state index in [-0.39, 0.29) is 24.3 Å². The van der Waals surface area contributed by atoms with Crippen molar-refractivity contribution in [3.05, 3.63) is 57.6 Å². The summed E-state index contributed by atoms with van der Waals surface area (Å²) in [5.74, 6) is 1.27. The lowest BCUT2D eigenvalue weighted by molar-refractivity contribution is -0.122. The molecular formula is C23H27BrN2O4. The molecule has 1 heterocycles. The fraction of sp³-hybridized carbons (Fsp3) is 0.391. The Morgan fingerprint density at radius 1 is 1.27 bits per heavy atom. The predicted octanol–water partition coefficient (Wildman–Crippen LogP) is 4.05. The van der Waals surface area contributed by atoms with Crippen LogP contribution in [0.1, 0.15) is 49.9 Å². The maximum atomic E-state index is 12.7. The first-order valence-electron chi connectivity index (χ1n) is 10.1. The average Bonchev–Trinajstić information content (AvgIpc) is 3.05. The van der Waals surface area contributed by atoms with Crippen LogP contribution in [0.15, 0.2) is 40.9 Å². The zero-order valence-electron chi connectivity index (χ0n) is 17.5. The second-order valence-corrected chi connectivity index (χ2v) is 8.33. The molecule has 0 radical (unpaired) electrons. The van der Waals surface area contributed by atoms with Crippen LogP contribution in [0, 0.1) is 0 Å². The molecule has 1 aliphatic heterocycles. The minimum atomic E-state index is -0.397. The summed E-state index contributed by atoms with van der Waals surface area (Å²) < 4.78 is 12.6. The molecule has 2 aromatic carbocycles. The highest BCUT2D eigenvalue weighted by Gasteiger charge is 2.22. The topological polar surface area (TPSA) is 76.7 Å². The van der Waals surface area contributed by atoms with E-state index in [4.69, 9.17) is 9.47 Å². The number of amides is 2. The second-order valence-electron chi connectivity index (χ2n) is 7.42. The number of ether oxygens (including phenoxy) is 2. The lowest BCUT2D eigenvalue weighted by Crippen LogP contribution is -2.32. The number of carbonyl (C=O) groups is 2. The smallest absolute Gasteiger partial charge is 0.222 e. The van der Waals surface area contributed by atoms with E-state index in [2.05, 4.69) is 26.6 Å². The number of benzene rings is 2. The molecule has 0 spiro atoms. The van der Waals surface area contributed by atoms with Gasteiger partial charge in [0, 0.05) is 35.5 Å². The lowest BCUT2D eigenvalue weighted by Gasteiger charge is -2.19. The molecule has 0 bridgehead atoms. The van der Waals surface area contributed by atoms with E-state index in [0.717, 1.165) is 39.1 Å². The summed E-state index contributed by atoms with van der Waals surface area (Å²) in [5.41, 5.74) is 2.87. The van der Waals surface area contributed by atoms with Crippen LogP contribution in [-0.2, 0) is 22.6 Å². The van der Waals surface area contributed by atoms with E-state index < -0.39 is 6.04 Å². The highest BCUT2D eigenvalue weighted by atomic mass is 79.9. The average molecular weight is 475 g/mol.